The number of fused-ring (bicyclic) bond motifs is 1. The largest absolute Gasteiger partial charge is 0.418 e. The molecular weight excluding hydrogens is 537 g/mol. The van der Waals surface area contributed by atoms with Crippen molar-refractivity contribution in [2.45, 2.75) is 25.3 Å². The second kappa shape index (κ2) is 11.3. The van der Waals surface area contributed by atoms with E-state index in [1.807, 2.05) is 0 Å². The summed E-state index contributed by atoms with van der Waals surface area (Å²) in [6.07, 6.45) is -6.16. The number of amides is 1. The van der Waals surface area contributed by atoms with Gasteiger partial charge in [-0.3, -0.25) is 24.8 Å². The molecule has 3 aromatic carbocycles. The molecule has 1 heterocycles. The van der Waals surface area contributed by atoms with E-state index in [4.69, 9.17) is 17.3 Å². The Morgan fingerprint density at radius 3 is 2.53 bits per heavy atom. The summed E-state index contributed by atoms with van der Waals surface area (Å²) < 4.78 is 42.6. The molecule has 0 saturated carbocycles. The van der Waals surface area contributed by atoms with E-state index in [1.54, 1.807) is 36.4 Å². The number of aliphatic imine (C=N–C) groups is 1. The molecule has 1 aliphatic heterocycles. The Morgan fingerprint density at radius 1 is 1.16 bits per heavy atom. The smallest absolute Gasteiger partial charge is 0.321 e. The van der Waals surface area contributed by atoms with Crippen molar-refractivity contribution in [1.82, 2.24) is 5.32 Å². The molecule has 2 atom stereocenters. The molecule has 0 aromatic heterocycles. The Kier molecular flexibility index (Phi) is 8.27. The molecule has 1 aliphatic rings. The Morgan fingerprint density at radius 2 is 1.87 bits per heavy atom. The van der Waals surface area contributed by atoms with Crippen LogP contribution in [0.3, 0.4) is 0 Å². The highest BCUT2D eigenvalue weighted by molar-refractivity contribution is 7.80. The van der Waals surface area contributed by atoms with Gasteiger partial charge in [0.2, 0.25) is 0 Å². The molecule has 0 radical (unpaired) electrons. The van der Waals surface area contributed by atoms with Gasteiger partial charge in [-0.1, -0.05) is 54.1 Å². The first-order chi connectivity index (χ1) is 18.0. The number of carbonyl (C=O) groups is 2. The number of para-hydroxylation sites is 1. The van der Waals surface area contributed by atoms with Crippen LogP contribution in [0.1, 0.15) is 22.3 Å². The summed E-state index contributed by atoms with van der Waals surface area (Å²) in [6.45, 7) is 1.16. The number of anilines is 2. The molecule has 4 rings (SSSR count). The van der Waals surface area contributed by atoms with Crippen LogP contribution >= 0.6 is 24.2 Å². The molecule has 3 aromatic rings. The number of alkyl halides is 3. The molecule has 6 nitrogen and oxygen atoms in total. The summed E-state index contributed by atoms with van der Waals surface area (Å²) in [4.78, 5) is 32.1. The average molecular weight is 561 g/mol. The summed E-state index contributed by atoms with van der Waals surface area (Å²) >= 11 is 10.3. The summed E-state index contributed by atoms with van der Waals surface area (Å²) in [6, 6.07) is 16.2. The lowest BCUT2D eigenvalue weighted by molar-refractivity contribution is -0.137. The van der Waals surface area contributed by atoms with Crippen molar-refractivity contribution in [3.8, 4) is 0 Å². The Bertz CT molecular complexity index is 1400. The number of nitrogens with two attached hydrogens (primary N) is 1. The zero-order valence-electron chi connectivity index (χ0n) is 20.2. The Labute approximate surface area is 228 Å². The van der Waals surface area contributed by atoms with E-state index in [2.05, 4.69) is 22.9 Å². The van der Waals surface area contributed by atoms with Crippen molar-refractivity contribution in [3.05, 3.63) is 94.0 Å². The van der Waals surface area contributed by atoms with E-state index < -0.39 is 35.6 Å². The van der Waals surface area contributed by atoms with E-state index in [1.165, 1.54) is 31.2 Å². The van der Waals surface area contributed by atoms with E-state index in [-0.39, 0.29) is 29.2 Å². The van der Waals surface area contributed by atoms with Gasteiger partial charge >= 0.3 is 6.18 Å². The highest BCUT2D eigenvalue weighted by atomic mass is 35.5. The van der Waals surface area contributed by atoms with Crippen LogP contribution in [-0.2, 0) is 15.8 Å². The monoisotopic (exact) mass is 560 g/mol. The molecule has 11 heteroatoms. The third-order valence-electron chi connectivity index (χ3n) is 6.06. The summed E-state index contributed by atoms with van der Waals surface area (Å²) in [5.74, 6) is -1.13. The van der Waals surface area contributed by atoms with Crippen molar-refractivity contribution in [2.75, 3.05) is 17.2 Å². The summed E-state index contributed by atoms with van der Waals surface area (Å²) in [5, 5.41) is 3.10. The lowest BCUT2D eigenvalue weighted by Gasteiger charge is -2.29. The van der Waals surface area contributed by atoms with Crippen molar-refractivity contribution in [1.29, 1.82) is 0 Å². The molecule has 198 valence electrons. The molecule has 38 heavy (non-hydrogen) atoms. The van der Waals surface area contributed by atoms with Gasteiger partial charge in [-0.25, -0.2) is 0 Å². The minimum absolute atomic E-state index is 0.0892. The number of halogens is 4. The van der Waals surface area contributed by atoms with Crippen LogP contribution in [0.4, 0.5) is 24.5 Å². The van der Waals surface area contributed by atoms with E-state index >= 15 is 0 Å². The number of hydrogen-bond donors (Lipinski definition) is 3. The fourth-order valence-electron chi connectivity index (χ4n) is 4.19. The maximum Gasteiger partial charge on any atom is 0.418 e. The lowest BCUT2D eigenvalue weighted by Crippen LogP contribution is -2.48. The number of carbonyl (C=O) groups excluding carboxylic acids is 2. The van der Waals surface area contributed by atoms with E-state index in [0.717, 1.165) is 11.0 Å². The Hall–Kier alpha value is -3.18. The molecule has 0 spiro atoms. The SMILES string of the molecule is Cc1cccc(C(F)(F)F)c1N1C(=O)C(NCC(=O)C(N)CS)N=C(c2ccccc2)c2cc(Cl)ccc21. The molecular formula is C27H24ClF3N4O2S. The third-order valence-corrected chi connectivity index (χ3v) is 6.69. The number of aryl methyl sites for hydroxylation is 1. The van der Waals surface area contributed by atoms with Crippen molar-refractivity contribution < 1.29 is 22.8 Å². The number of nitrogens with one attached hydrogen (secondary N) is 1. The average Bonchev–Trinajstić information content (AvgIpc) is 3.00. The number of thiol groups is 1. The number of nitrogens with zero attached hydrogens (tertiary/aromatic N) is 2. The standard InChI is InChI=1S/C27H24ClF3N4O2S/c1-15-6-5-9-19(27(29,30)31)24(15)35-21-11-10-17(28)12-18(21)23(16-7-3-2-4-8-16)34-25(26(35)37)33-13-22(36)20(32)14-38/h2-12,20,25,33,38H,13-14,32H2,1H3. The topological polar surface area (TPSA) is 87.8 Å². The number of rotatable bonds is 7. The quantitative estimate of drug-likeness (QED) is 0.358. The van der Waals surface area contributed by atoms with E-state index in [0.29, 0.717) is 21.9 Å². The zero-order valence-corrected chi connectivity index (χ0v) is 21.8. The maximum atomic E-state index is 14.2. The van der Waals surface area contributed by atoms with Crippen LogP contribution in [0, 0.1) is 6.92 Å². The number of ketones is 1. The predicted octanol–water partition coefficient (Wildman–Crippen LogP) is 4.92. The fraction of sp³-hybridized carbons (Fsp3) is 0.222. The summed E-state index contributed by atoms with van der Waals surface area (Å²) in [7, 11) is 0. The number of benzene rings is 3. The first-order valence-corrected chi connectivity index (χ1v) is 12.6. The minimum Gasteiger partial charge on any atom is -0.321 e. The molecule has 0 bridgehead atoms. The van der Waals surface area contributed by atoms with Crippen molar-refractivity contribution in [2.24, 2.45) is 10.7 Å². The fourth-order valence-corrected chi connectivity index (χ4v) is 4.57. The minimum atomic E-state index is -4.75. The van der Waals surface area contributed by atoms with Gasteiger partial charge in [-0.05, 0) is 36.8 Å². The van der Waals surface area contributed by atoms with Crippen LogP contribution < -0.4 is 16.0 Å². The number of benzodiazepines with no additional fused rings is 1. The van der Waals surface area contributed by atoms with Crippen molar-refractivity contribution >= 4 is 53.0 Å². The van der Waals surface area contributed by atoms with Gasteiger partial charge in [0.05, 0.1) is 35.2 Å². The highest BCUT2D eigenvalue weighted by Gasteiger charge is 2.41. The van der Waals surface area contributed by atoms with Crippen LogP contribution in [0.5, 0.6) is 0 Å². The van der Waals surface area contributed by atoms with E-state index in [9.17, 15) is 22.8 Å². The van der Waals surface area contributed by atoms with Gasteiger partial charge in [-0.2, -0.15) is 25.8 Å². The van der Waals surface area contributed by atoms with Gasteiger partial charge in [0.25, 0.3) is 5.91 Å². The van der Waals surface area contributed by atoms with Crippen LogP contribution in [0.15, 0.2) is 71.7 Å². The van der Waals surface area contributed by atoms with Crippen molar-refractivity contribution in [3.63, 3.8) is 0 Å². The zero-order chi connectivity index (χ0) is 27.6. The Balaban J connectivity index is 1.97. The van der Waals surface area contributed by atoms with Crippen LogP contribution in [0.25, 0.3) is 0 Å². The van der Waals surface area contributed by atoms with Gasteiger partial charge < -0.3 is 5.73 Å². The van der Waals surface area contributed by atoms with Gasteiger partial charge in [-0.15, -0.1) is 0 Å². The first-order valence-electron chi connectivity index (χ1n) is 11.6. The number of hydrogen-bond acceptors (Lipinski definition) is 6. The molecule has 0 saturated heterocycles. The third kappa shape index (κ3) is 5.63. The predicted molar refractivity (Wildman–Crippen MR) is 145 cm³/mol. The molecule has 1 amide bonds. The number of Topliss-reactive ketones (excluding diaryl/α,β-unsaturated/α-hetero) is 1. The summed E-state index contributed by atoms with van der Waals surface area (Å²) in [5.41, 5.74) is 6.14. The van der Waals surface area contributed by atoms with Gasteiger partial charge in [0.15, 0.2) is 11.9 Å². The van der Waals surface area contributed by atoms with Crippen LogP contribution in [0.2, 0.25) is 5.02 Å². The normalized spacial score (nSPS) is 16.5. The maximum absolute atomic E-state index is 14.2. The second-order valence-electron chi connectivity index (χ2n) is 8.69. The second-order valence-corrected chi connectivity index (χ2v) is 9.49. The molecule has 3 N–H and O–H groups in total. The highest BCUT2D eigenvalue weighted by Crippen LogP contribution is 2.43. The van der Waals surface area contributed by atoms with Crippen LogP contribution in [-0.4, -0.2) is 41.9 Å². The lowest BCUT2D eigenvalue weighted by atomic mass is 9.99. The molecule has 0 aliphatic carbocycles. The first kappa shape index (κ1) is 27.8. The van der Waals surface area contributed by atoms with Gasteiger partial charge in [0.1, 0.15) is 0 Å². The van der Waals surface area contributed by atoms with Gasteiger partial charge in [0, 0.05) is 21.9 Å². The molecule has 2 unspecified atom stereocenters. The molecule has 0 fully saturated rings.